The van der Waals surface area contributed by atoms with E-state index in [0.29, 0.717) is 27.1 Å². The van der Waals surface area contributed by atoms with E-state index in [0.717, 1.165) is 0 Å². The summed E-state index contributed by atoms with van der Waals surface area (Å²) >= 11 is 11.6. The zero-order valence-corrected chi connectivity index (χ0v) is 15.5. The lowest BCUT2D eigenvalue weighted by molar-refractivity contribution is 0.0932. The van der Waals surface area contributed by atoms with Crippen molar-refractivity contribution in [1.82, 2.24) is 25.8 Å². The fraction of sp³-hybridized carbons (Fsp3) is 0.0588. The molecule has 0 saturated heterocycles. The lowest BCUT2D eigenvalue weighted by Gasteiger charge is -2.08. The van der Waals surface area contributed by atoms with Gasteiger partial charge in [0.05, 0.1) is 11.4 Å². The smallest absolute Gasteiger partial charge is 0.307 e. The van der Waals surface area contributed by atoms with Crippen molar-refractivity contribution in [3.8, 4) is 5.69 Å². The number of anilines is 1. The van der Waals surface area contributed by atoms with Gasteiger partial charge in [-0.15, -0.1) is 5.10 Å². The number of halogens is 2. The van der Waals surface area contributed by atoms with Gasteiger partial charge in [-0.05, 0) is 55.5 Å². The van der Waals surface area contributed by atoms with Crippen LogP contribution in [0.5, 0.6) is 0 Å². The minimum Gasteiger partial charge on any atom is -0.307 e. The Kier molecular flexibility index (Phi) is 5.58. The van der Waals surface area contributed by atoms with Gasteiger partial charge in [-0.25, -0.2) is 14.9 Å². The summed E-state index contributed by atoms with van der Waals surface area (Å²) in [5.41, 5.74) is 6.35. The Morgan fingerprint density at radius 1 is 0.926 bits per heavy atom. The number of hydrazine groups is 1. The van der Waals surface area contributed by atoms with Gasteiger partial charge in [-0.2, -0.15) is 0 Å². The summed E-state index contributed by atoms with van der Waals surface area (Å²) in [6.45, 7) is 1.69. The number of nitrogens with one attached hydrogen (secondary N) is 3. The molecule has 3 rings (SSSR count). The Hall–Kier alpha value is -3.10. The molecule has 138 valence electrons. The molecule has 0 aliphatic carbocycles. The lowest BCUT2D eigenvalue weighted by atomic mass is 10.3. The van der Waals surface area contributed by atoms with Crippen LogP contribution >= 0.6 is 23.2 Å². The first kappa shape index (κ1) is 18.7. The number of carbonyl (C=O) groups excluding carboxylic acids is 2. The molecule has 1 heterocycles. The van der Waals surface area contributed by atoms with E-state index in [9.17, 15) is 9.59 Å². The van der Waals surface area contributed by atoms with Crippen LogP contribution in [0.15, 0.2) is 48.5 Å². The first-order valence-electron chi connectivity index (χ1n) is 7.75. The topological polar surface area (TPSA) is 101 Å². The lowest BCUT2D eigenvalue weighted by Crippen LogP contribution is -2.44. The highest BCUT2D eigenvalue weighted by Gasteiger charge is 2.18. The van der Waals surface area contributed by atoms with Crippen LogP contribution in [0.4, 0.5) is 10.5 Å². The molecule has 3 N–H and O–H groups in total. The zero-order valence-electron chi connectivity index (χ0n) is 14.0. The van der Waals surface area contributed by atoms with E-state index >= 15 is 0 Å². The van der Waals surface area contributed by atoms with Gasteiger partial charge in [0.2, 0.25) is 0 Å². The maximum absolute atomic E-state index is 12.3. The summed E-state index contributed by atoms with van der Waals surface area (Å²) in [6.07, 6.45) is 0. The van der Waals surface area contributed by atoms with Gasteiger partial charge in [0.15, 0.2) is 5.69 Å². The SMILES string of the molecule is Cc1c(C(=O)NNC(=O)Nc2ccc(Cl)cc2)nnn1-c1ccc(Cl)cc1. The Morgan fingerprint density at radius 2 is 1.52 bits per heavy atom. The van der Waals surface area contributed by atoms with Crippen molar-refractivity contribution in [1.29, 1.82) is 0 Å². The molecule has 0 fully saturated rings. The molecule has 3 aromatic rings. The number of carbonyl (C=O) groups is 2. The van der Waals surface area contributed by atoms with E-state index in [4.69, 9.17) is 23.2 Å². The van der Waals surface area contributed by atoms with Crippen LogP contribution in [0.3, 0.4) is 0 Å². The van der Waals surface area contributed by atoms with Crippen LogP contribution in [0.25, 0.3) is 5.69 Å². The number of nitrogens with zero attached hydrogens (tertiary/aromatic N) is 3. The molecule has 0 aliphatic heterocycles. The van der Waals surface area contributed by atoms with E-state index < -0.39 is 11.9 Å². The molecule has 0 unspecified atom stereocenters. The first-order valence-corrected chi connectivity index (χ1v) is 8.51. The highest BCUT2D eigenvalue weighted by molar-refractivity contribution is 6.30. The third-order valence-electron chi connectivity index (χ3n) is 3.57. The number of hydrogen-bond acceptors (Lipinski definition) is 4. The minimum atomic E-state index is -0.617. The second-order valence-corrected chi connectivity index (χ2v) is 6.32. The van der Waals surface area contributed by atoms with Crippen LogP contribution in [0.1, 0.15) is 16.2 Å². The molecule has 0 radical (unpaired) electrons. The Bertz CT molecular complexity index is 970. The van der Waals surface area contributed by atoms with Gasteiger partial charge >= 0.3 is 6.03 Å². The normalized spacial score (nSPS) is 10.3. The Labute approximate surface area is 164 Å². The fourth-order valence-corrected chi connectivity index (χ4v) is 2.49. The van der Waals surface area contributed by atoms with Crippen molar-refractivity contribution >= 4 is 40.8 Å². The third-order valence-corrected chi connectivity index (χ3v) is 4.08. The predicted octanol–water partition coefficient (Wildman–Crippen LogP) is 3.35. The summed E-state index contributed by atoms with van der Waals surface area (Å²) in [6, 6.07) is 12.8. The summed E-state index contributed by atoms with van der Waals surface area (Å²) in [5.74, 6) is -0.598. The van der Waals surface area contributed by atoms with E-state index in [1.54, 1.807) is 55.5 Å². The van der Waals surface area contributed by atoms with Crippen LogP contribution in [-0.4, -0.2) is 26.9 Å². The molecule has 0 atom stereocenters. The Balaban J connectivity index is 1.62. The van der Waals surface area contributed by atoms with Crippen molar-refractivity contribution in [3.63, 3.8) is 0 Å². The van der Waals surface area contributed by atoms with Crippen molar-refractivity contribution in [3.05, 3.63) is 70.0 Å². The van der Waals surface area contributed by atoms with E-state index in [-0.39, 0.29) is 5.69 Å². The second kappa shape index (κ2) is 8.07. The molecule has 0 spiro atoms. The maximum atomic E-state index is 12.3. The second-order valence-electron chi connectivity index (χ2n) is 5.45. The van der Waals surface area contributed by atoms with Crippen molar-refractivity contribution < 1.29 is 9.59 Å². The average Bonchev–Trinajstić information content (AvgIpc) is 3.04. The summed E-state index contributed by atoms with van der Waals surface area (Å²) in [5, 5.41) is 11.5. The molecule has 8 nitrogen and oxygen atoms in total. The van der Waals surface area contributed by atoms with Gasteiger partial charge in [0.1, 0.15) is 0 Å². The zero-order chi connectivity index (χ0) is 19.4. The molecule has 3 amide bonds. The fourth-order valence-electron chi connectivity index (χ4n) is 2.23. The summed E-state index contributed by atoms with van der Waals surface area (Å²) in [4.78, 5) is 24.1. The number of urea groups is 1. The molecule has 0 saturated carbocycles. The van der Waals surface area contributed by atoms with Gasteiger partial charge in [0.25, 0.3) is 5.91 Å². The maximum Gasteiger partial charge on any atom is 0.337 e. The molecule has 0 bridgehead atoms. The van der Waals surface area contributed by atoms with Crippen molar-refractivity contribution in [2.75, 3.05) is 5.32 Å². The number of amides is 3. The Morgan fingerprint density at radius 3 is 2.15 bits per heavy atom. The van der Waals surface area contributed by atoms with Crippen LogP contribution in [0.2, 0.25) is 10.0 Å². The van der Waals surface area contributed by atoms with Crippen LogP contribution in [0, 0.1) is 6.92 Å². The van der Waals surface area contributed by atoms with Gasteiger partial charge in [-0.3, -0.25) is 10.2 Å². The molecule has 1 aromatic heterocycles. The molecule has 27 heavy (non-hydrogen) atoms. The predicted molar refractivity (Wildman–Crippen MR) is 102 cm³/mol. The quantitative estimate of drug-likeness (QED) is 0.582. The number of hydrogen-bond donors (Lipinski definition) is 3. The van der Waals surface area contributed by atoms with Crippen molar-refractivity contribution in [2.45, 2.75) is 6.92 Å². The van der Waals surface area contributed by atoms with Crippen molar-refractivity contribution in [2.24, 2.45) is 0 Å². The summed E-state index contributed by atoms with van der Waals surface area (Å²) in [7, 11) is 0. The highest BCUT2D eigenvalue weighted by atomic mass is 35.5. The van der Waals surface area contributed by atoms with Crippen LogP contribution < -0.4 is 16.2 Å². The van der Waals surface area contributed by atoms with Gasteiger partial charge in [0, 0.05) is 15.7 Å². The third kappa shape index (κ3) is 4.55. The largest absolute Gasteiger partial charge is 0.337 e. The highest BCUT2D eigenvalue weighted by Crippen LogP contribution is 2.16. The number of aromatic nitrogens is 3. The van der Waals surface area contributed by atoms with Gasteiger partial charge < -0.3 is 5.32 Å². The van der Waals surface area contributed by atoms with Crippen LogP contribution in [-0.2, 0) is 0 Å². The van der Waals surface area contributed by atoms with E-state index in [1.807, 2.05) is 0 Å². The average molecular weight is 405 g/mol. The van der Waals surface area contributed by atoms with E-state index in [1.165, 1.54) is 4.68 Å². The molecular formula is C17H14Cl2N6O2. The minimum absolute atomic E-state index is 0.0803. The molecule has 2 aromatic carbocycles. The first-order chi connectivity index (χ1) is 12.9. The molecular weight excluding hydrogens is 391 g/mol. The number of benzene rings is 2. The molecule has 10 heteroatoms. The van der Waals surface area contributed by atoms with Gasteiger partial charge in [-0.1, -0.05) is 28.4 Å². The molecule has 0 aliphatic rings. The monoisotopic (exact) mass is 404 g/mol. The standard InChI is InChI=1S/C17H14Cl2N6O2/c1-10-15(21-24-25(10)14-8-4-12(19)5-9-14)16(26)22-23-17(27)20-13-6-2-11(18)3-7-13/h2-9H,1H3,(H,22,26)(H2,20,23,27). The van der Waals surface area contributed by atoms with E-state index in [2.05, 4.69) is 26.5 Å². The number of rotatable bonds is 3. The summed E-state index contributed by atoms with van der Waals surface area (Å²) < 4.78 is 1.50.